The summed E-state index contributed by atoms with van der Waals surface area (Å²) < 4.78 is 0. The standard InChI is InChI=1S/C18H20.C4H10N2/c1-3-9-15(10-4-1)17-13-7-8-14-18(17)16-11-5-2-6-12-16;1-2-6-4-3-5-1/h1,3-4,7-10,13-14,16H,2,5-6,11-12H2;5-6H,1-4H2. The van der Waals surface area contributed by atoms with Crippen molar-refractivity contribution in [1.82, 2.24) is 10.6 Å². The molecule has 2 aliphatic rings. The van der Waals surface area contributed by atoms with Gasteiger partial charge < -0.3 is 10.6 Å². The van der Waals surface area contributed by atoms with Crippen LogP contribution in [0.2, 0.25) is 0 Å². The van der Waals surface area contributed by atoms with E-state index in [1.165, 1.54) is 43.2 Å². The van der Waals surface area contributed by atoms with Crippen molar-refractivity contribution in [3.63, 3.8) is 0 Å². The van der Waals surface area contributed by atoms with Crippen LogP contribution in [0.3, 0.4) is 0 Å². The summed E-state index contributed by atoms with van der Waals surface area (Å²) in [6, 6.07) is 19.8. The van der Waals surface area contributed by atoms with Gasteiger partial charge in [0.1, 0.15) is 0 Å². The van der Waals surface area contributed by atoms with E-state index in [1.54, 1.807) is 5.56 Å². The van der Waals surface area contributed by atoms with Crippen molar-refractivity contribution < 1.29 is 0 Å². The van der Waals surface area contributed by atoms with Gasteiger partial charge in [0.05, 0.1) is 0 Å². The number of benzene rings is 2. The molecule has 2 fully saturated rings. The van der Waals surface area contributed by atoms with Gasteiger partial charge in [-0.1, -0.05) is 73.9 Å². The Hall–Kier alpha value is -1.64. The van der Waals surface area contributed by atoms with E-state index in [-0.39, 0.29) is 0 Å². The molecule has 1 aliphatic carbocycles. The highest BCUT2D eigenvalue weighted by molar-refractivity contribution is 5.68. The van der Waals surface area contributed by atoms with Crippen LogP contribution in [0.25, 0.3) is 11.1 Å². The van der Waals surface area contributed by atoms with Crippen LogP contribution in [-0.2, 0) is 0 Å². The zero-order valence-corrected chi connectivity index (χ0v) is 14.6. The van der Waals surface area contributed by atoms with Crippen molar-refractivity contribution in [3.8, 4) is 11.1 Å². The molecule has 1 aliphatic heterocycles. The second-order valence-electron chi connectivity index (χ2n) is 6.79. The Morgan fingerprint density at radius 2 is 1.21 bits per heavy atom. The summed E-state index contributed by atoms with van der Waals surface area (Å²) in [5, 5.41) is 6.44. The molecule has 2 aromatic carbocycles. The Balaban J connectivity index is 0.000000238. The molecular formula is C22H30N2. The second-order valence-corrected chi connectivity index (χ2v) is 6.79. The minimum Gasteiger partial charge on any atom is -0.314 e. The molecule has 0 radical (unpaired) electrons. The largest absolute Gasteiger partial charge is 0.314 e. The molecule has 128 valence electrons. The van der Waals surface area contributed by atoms with E-state index in [0.29, 0.717) is 0 Å². The van der Waals surface area contributed by atoms with Crippen LogP contribution >= 0.6 is 0 Å². The molecule has 2 N–H and O–H groups in total. The van der Waals surface area contributed by atoms with E-state index in [0.717, 1.165) is 32.1 Å². The zero-order chi connectivity index (χ0) is 16.5. The predicted octanol–water partition coefficient (Wildman–Crippen LogP) is 4.58. The van der Waals surface area contributed by atoms with Gasteiger partial charge in [0.2, 0.25) is 0 Å². The fraction of sp³-hybridized carbons (Fsp3) is 0.455. The van der Waals surface area contributed by atoms with Gasteiger partial charge in [-0.25, -0.2) is 0 Å². The Morgan fingerprint density at radius 1 is 0.625 bits per heavy atom. The van der Waals surface area contributed by atoms with Gasteiger partial charge in [0.15, 0.2) is 0 Å². The zero-order valence-electron chi connectivity index (χ0n) is 14.6. The molecular weight excluding hydrogens is 292 g/mol. The summed E-state index contributed by atoms with van der Waals surface area (Å²) in [4.78, 5) is 0. The van der Waals surface area contributed by atoms with Crippen molar-refractivity contribution in [3.05, 3.63) is 60.2 Å². The highest BCUT2D eigenvalue weighted by Crippen LogP contribution is 2.37. The molecule has 2 nitrogen and oxygen atoms in total. The van der Waals surface area contributed by atoms with E-state index in [9.17, 15) is 0 Å². The summed E-state index contributed by atoms with van der Waals surface area (Å²) >= 11 is 0. The molecule has 2 heteroatoms. The van der Waals surface area contributed by atoms with Crippen LogP contribution in [0.15, 0.2) is 54.6 Å². The molecule has 1 heterocycles. The molecule has 0 aromatic heterocycles. The maximum Gasteiger partial charge on any atom is 0.00772 e. The van der Waals surface area contributed by atoms with Crippen molar-refractivity contribution >= 4 is 0 Å². The van der Waals surface area contributed by atoms with Crippen LogP contribution in [0.4, 0.5) is 0 Å². The summed E-state index contributed by atoms with van der Waals surface area (Å²) in [5.41, 5.74) is 4.35. The summed E-state index contributed by atoms with van der Waals surface area (Å²) in [5.74, 6) is 0.773. The minimum atomic E-state index is 0.773. The van der Waals surface area contributed by atoms with Crippen molar-refractivity contribution in [2.75, 3.05) is 26.2 Å². The summed E-state index contributed by atoms with van der Waals surface area (Å²) in [7, 11) is 0. The maximum atomic E-state index is 3.22. The summed E-state index contributed by atoms with van der Waals surface area (Å²) in [6.07, 6.45) is 6.94. The number of piperazine rings is 1. The van der Waals surface area contributed by atoms with Gasteiger partial charge in [-0.15, -0.1) is 0 Å². The molecule has 0 amide bonds. The molecule has 2 aromatic rings. The topological polar surface area (TPSA) is 24.1 Å². The smallest absolute Gasteiger partial charge is 0.00772 e. The Bertz CT molecular complexity index is 572. The second kappa shape index (κ2) is 9.61. The average molecular weight is 322 g/mol. The lowest BCUT2D eigenvalue weighted by molar-refractivity contribution is 0.444. The third-order valence-corrected chi connectivity index (χ3v) is 5.05. The van der Waals surface area contributed by atoms with E-state index in [2.05, 4.69) is 65.2 Å². The number of hydrogen-bond donors (Lipinski definition) is 2. The van der Waals surface area contributed by atoms with Gasteiger partial charge in [-0.05, 0) is 35.4 Å². The molecule has 0 spiro atoms. The normalized spacial score (nSPS) is 18.5. The SMILES string of the molecule is C1CNCCN1.c1ccc(-c2ccccc2C2CCCCC2)cc1. The van der Waals surface area contributed by atoms with E-state index < -0.39 is 0 Å². The van der Waals surface area contributed by atoms with Crippen LogP contribution in [0.5, 0.6) is 0 Å². The molecule has 0 bridgehead atoms. The quantitative estimate of drug-likeness (QED) is 0.845. The number of rotatable bonds is 2. The fourth-order valence-electron chi connectivity index (χ4n) is 3.75. The third-order valence-electron chi connectivity index (χ3n) is 5.05. The highest BCUT2D eigenvalue weighted by atomic mass is 15.0. The van der Waals surface area contributed by atoms with Crippen molar-refractivity contribution in [2.24, 2.45) is 0 Å². The average Bonchev–Trinajstić information content (AvgIpc) is 2.71. The van der Waals surface area contributed by atoms with Gasteiger partial charge in [-0.3, -0.25) is 0 Å². The Morgan fingerprint density at radius 3 is 1.83 bits per heavy atom. The van der Waals surface area contributed by atoms with Crippen LogP contribution in [0.1, 0.15) is 43.6 Å². The molecule has 4 rings (SSSR count). The van der Waals surface area contributed by atoms with Gasteiger partial charge in [-0.2, -0.15) is 0 Å². The monoisotopic (exact) mass is 322 g/mol. The molecule has 1 saturated carbocycles. The van der Waals surface area contributed by atoms with Gasteiger partial charge >= 0.3 is 0 Å². The Labute approximate surface area is 146 Å². The number of hydrogen-bond acceptors (Lipinski definition) is 2. The first kappa shape index (κ1) is 17.2. The number of nitrogens with one attached hydrogen (secondary N) is 2. The molecule has 1 saturated heterocycles. The first-order valence-electron chi connectivity index (χ1n) is 9.51. The fourth-order valence-corrected chi connectivity index (χ4v) is 3.75. The summed E-state index contributed by atoms with van der Waals surface area (Å²) in [6.45, 7) is 4.56. The predicted molar refractivity (Wildman–Crippen MR) is 103 cm³/mol. The lowest BCUT2D eigenvalue weighted by atomic mass is 9.81. The van der Waals surface area contributed by atoms with Crippen molar-refractivity contribution in [1.29, 1.82) is 0 Å². The lowest BCUT2D eigenvalue weighted by Crippen LogP contribution is -2.39. The van der Waals surface area contributed by atoms with Crippen LogP contribution in [0, 0.1) is 0 Å². The highest BCUT2D eigenvalue weighted by Gasteiger charge is 2.18. The van der Waals surface area contributed by atoms with E-state index >= 15 is 0 Å². The lowest BCUT2D eigenvalue weighted by Gasteiger charge is -2.24. The van der Waals surface area contributed by atoms with E-state index in [4.69, 9.17) is 0 Å². The van der Waals surface area contributed by atoms with Gasteiger partial charge in [0.25, 0.3) is 0 Å². The molecule has 0 atom stereocenters. The molecule has 24 heavy (non-hydrogen) atoms. The first-order chi connectivity index (χ1) is 11.9. The maximum absolute atomic E-state index is 3.22. The first-order valence-corrected chi connectivity index (χ1v) is 9.51. The minimum absolute atomic E-state index is 0.773. The molecule has 0 unspecified atom stereocenters. The van der Waals surface area contributed by atoms with Gasteiger partial charge in [0, 0.05) is 26.2 Å². The van der Waals surface area contributed by atoms with E-state index in [1.807, 2.05) is 0 Å². The van der Waals surface area contributed by atoms with Crippen LogP contribution < -0.4 is 10.6 Å². The van der Waals surface area contributed by atoms with Crippen molar-refractivity contribution in [2.45, 2.75) is 38.0 Å². The Kier molecular flexibility index (Phi) is 6.88. The van der Waals surface area contributed by atoms with Crippen LogP contribution in [-0.4, -0.2) is 26.2 Å². The third kappa shape index (κ3) is 4.93.